The minimum atomic E-state index is 0.132. The van der Waals surface area contributed by atoms with E-state index < -0.39 is 0 Å². The molecule has 3 heteroatoms. The third-order valence-corrected chi connectivity index (χ3v) is 2.40. The molecule has 0 radical (unpaired) electrons. The van der Waals surface area contributed by atoms with Gasteiger partial charge < -0.3 is 5.73 Å². The van der Waals surface area contributed by atoms with Gasteiger partial charge in [-0.1, -0.05) is 6.07 Å². The van der Waals surface area contributed by atoms with E-state index in [9.17, 15) is 0 Å². The van der Waals surface area contributed by atoms with Crippen LogP contribution >= 0.6 is 15.9 Å². The van der Waals surface area contributed by atoms with Crippen LogP contribution < -0.4 is 5.73 Å². The van der Waals surface area contributed by atoms with Crippen molar-refractivity contribution in [1.29, 1.82) is 5.26 Å². The summed E-state index contributed by atoms with van der Waals surface area (Å²) in [7, 11) is 0. The van der Waals surface area contributed by atoms with Crippen LogP contribution in [0, 0.1) is 11.3 Å². The summed E-state index contributed by atoms with van der Waals surface area (Å²) in [6.07, 6.45) is 0.808. The molecule has 1 atom stereocenters. The molecule has 0 saturated heterocycles. The number of hydrogen-bond acceptors (Lipinski definition) is 2. The monoisotopic (exact) mass is 238 g/mol. The summed E-state index contributed by atoms with van der Waals surface area (Å²) in [6, 6.07) is 7.99. The minimum Gasteiger partial charge on any atom is -0.328 e. The molecule has 68 valence electrons. The van der Waals surface area contributed by atoms with Gasteiger partial charge in [0.05, 0.1) is 5.56 Å². The number of benzene rings is 1. The van der Waals surface area contributed by atoms with Crippen molar-refractivity contribution in [3.63, 3.8) is 0 Å². The fourth-order valence-electron chi connectivity index (χ4n) is 1.16. The second kappa shape index (κ2) is 4.40. The van der Waals surface area contributed by atoms with E-state index in [0.717, 1.165) is 16.5 Å². The summed E-state index contributed by atoms with van der Waals surface area (Å²) < 4.78 is 0.837. The number of nitriles is 1. The van der Waals surface area contributed by atoms with Gasteiger partial charge in [-0.15, -0.1) is 0 Å². The summed E-state index contributed by atoms with van der Waals surface area (Å²) in [5.41, 5.74) is 7.43. The van der Waals surface area contributed by atoms with Crippen molar-refractivity contribution in [2.45, 2.75) is 19.4 Å². The molecule has 0 aliphatic heterocycles. The Morgan fingerprint density at radius 3 is 2.85 bits per heavy atom. The van der Waals surface area contributed by atoms with Crippen LogP contribution in [0.15, 0.2) is 22.7 Å². The molecule has 0 saturated carbocycles. The molecular weight excluding hydrogens is 228 g/mol. The van der Waals surface area contributed by atoms with Crippen LogP contribution in [-0.4, -0.2) is 6.04 Å². The SMILES string of the molecule is CC(N)Cc1ccc(Br)c(C#N)c1. The summed E-state index contributed by atoms with van der Waals surface area (Å²) in [5, 5.41) is 8.77. The average Bonchev–Trinajstić information content (AvgIpc) is 2.07. The first-order valence-corrected chi connectivity index (χ1v) is 4.87. The number of hydrogen-bond donors (Lipinski definition) is 1. The molecule has 0 amide bonds. The van der Waals surface area contributed by atoms with Crippen molar-refractivity contribution >= 4 is 15.9 Å². The Hall–Kier alpha value is -0.850. The lowest BCUT2D eigenvalue weighted by Gasteiger charge is -2.05. The van der Waals surface area contributed by atoms with Gasteiger partial charge in [-0.2, -0.15) is 5.26 Å². The molecule has 0 aromatic heterocycles. The van der Waals surface area contributed by atoms with Gasteiger partial charge in [-0.05, 0) is 47.0 Å². The molecule has 13 heavy (non-hydrogen) atoms. The maximum atomic E-state index is 8.77. The van der Waals surface area contributed by atoms with Gasteiger partial charge in [-0.3, -0.25) is 0 Å². The van der Waals surface area contributed by atoms with Gasteiger partial charge in [0.15, 0.2) is 0 Å². The molecule has 1 unspecified atom stereocenters. The Labute approximate surface area is 86.5 Å². The second-order valence-electron chi connectivity index (χ2n) is 3.11. The Morgan fingerprint density at radius 2 is 2.31 bits per heavy atom. The normalized spacial score (nSPS) is 12.2. The Kier molecular flexibility index (Phi) is 3.47. The quantitative estimate of drug-likeness (QED) is 0.860. The van der Waals surface area contributed by atoms with Crippen molar-refractivity contribution < 1.29 is 0 Å². The van der Waals surface area contributed by atoms with E-state index in [0.29, 0.717) is 5.56 Å². The molecule has 1 rings (SSSR count). The standard InChI is InChI=1S/C10H11BrN2/c1-7(13)4-8-2-3-10(11)9(5-8)6-12/h2-3,5,7H,4,13H2,1H3. The first kappa shape index (κ1) is 10.2. The van der Waals surface area contributed by atoms with Gasteiger partial charge in [0.25, 0.3) is 0 Å². The van der Waals surface area contributed by atoms with Crippen molar-refractivity contribution in [3.8, 4) is 6.07 Å². The summed E-state index contributed by atoms with van der Waals surface area (Å²) in [6.45, 7) is 1.95. The molecule has 0 aliphatic rings. The molecular formula is C10H11BrN2. The smallest absolute Gasteiger partial charge is 0.100 e. The molecule has 1 aromatic carbocycles. The third kappa shape index (κ3) is 2.83. The van der Waals surface area contributed by atoms with Crippen molar-refractivity contribution in [3.05, 3.63) is 33.8 Å². The van der Waals surface area contributed by atoms with E-state index in [2.05, 4.69) is 22.0 Å². The topological polar surface area (TPSA) is 49.8 Å². The van der Waals surface area contributed by atoms with Crippen LogP contribution in [0.3, 0.4) is 0 Å². The Balaban J connectivity index is 2.95. The molecule has 2 nitrogen and oxygen atoms in total. The Morgan fingerprint density at radius 1 is 1.62 bits per heavy atom. The number of rotatable bonds is 2. The van der Waals surface area contributed by atoms with Crippen molar-refractivity contribution in [2.24, 2.45) is 5.73 Å². The zero-order valence-corrected chi connectivity index (χ0v) is 9.01. The van der Waals surface area contributed by atoms with E-state index in [1.807, 2.05) is 25.1 Å². The molecule has 0 spiro atoms. The van der Waals surface area contributed by atoms with Gasteiger partial charge in [0.2, 0.25) is 0 Å². The molecule has 0 fully saturated rings. The van der Waals surface area contributed by atoms with Crippen molar-refractivity contribution in [1.82, 2.24) is 0 Å². The maximum absolute atomic E-state index is 8.77. The zero-order chi connectivity index (χ0) is 9.84. The third-order valence-electron chi connectivity index (χ3n) is 1.71. The summed E-state index contributed by atoms with van der Waals surface area (Å²) >= 11 is 3.30. The van der Waals surface area contributed by atoms with E-state index in [-0.39, 0.29) is 6.04 Å². The first-order valence-electron chi connectivity index (χ1n) is 4.07. The van der Waals surface area contributed by atoms with E-state index in [1.54, 1.807) is 0 Å². The number of nitrogens with two attached hydrogens (primary N) is 1. The second-order valence-corrected chi connectivity index (χ2v) is 3.96. The number of nitrogens with zero attached hydrogens (tertiary/aromatic N) is 1. The molecule has 0 heterocycles. The highest BCUT2D eigenvalue weighted by molar-refractivity contribution is 9.10. The van der Waals surface area contributed by atoms with Crippen LogP contribution in [0.4, 0.5) is 0 Å². The van der Waals surface area contributed by atoms with Crippen LogP contribution in [0.25, 0.3) is 0 Å². The van der Waals surface area contributed by atoms with Gasteiger partial charge in [-0.25, -0.2) is 0 Å². The van der Waals surface area contributed by atoms with E-state index >= 15 is 0 Å². The predicted molar refractivity (Wildman–Crippen MR) is 56.2 cm³/mol. The first-order chi connectivity index (χ1) is 6.13. The fourth-order valence-corrected chi connectivity index (χ4v) is 1.49. The van der Waals surface area contributed by atoms with Crippen LogP contribution in [0.1, 0.15) is 18.1 Å². The van der Waals surface area contributed by atoms with Gasteiger partial charge in [0.1, 0.15) is 6.07 Å². The molecule has 0 bridgehead atoms. The molecule has 1 aromatic rings. The molecule has 2 N–H and O–H groups in total. The average molecular weight is 239 g/mol. The summed E-state index contributed by atoms with van der Waals surface area (Å²) in [5.74, 6) is 0. The van der Waals surface area contributed by atoms with Gasteiger partial charge >= 0.3 is 0 Å². The lowest BCUT2D eigenvalue weighted by Crippen LogP contribution is -2.17. The number of halogens is 1. The predicted octanol–water partition coefficient (Wildman–Crippen LogP) is 2.21. The highest BCUT2D eigenvalue weighted by atomic mass is 79.9. The highest BCUT2D eigenvalue weighted by Gasteiger charge is 2.02. The van der Waals surface area contributed by atoms with E-state index in [1.165, 1.54) is 0 Å². The van der Waals surface area contributed by atoms with Crippen LogP contribution in [-0.2, 0) is 6.42 Å². The zero-order valence-electron chi connectivity index (χ0n) is 7.42. The van der Waals surface area contributed by atoms with Crippen LogP contribution in [0.5, 0.6) is 0 Å². The van der Waals surface area contributed by atoms with Crippen LogP contribution in [0.2, 0.25) is 0 Å². The lowest BCUT2D eigenvalue weighted by atomic mass is 10.1. The lowest BCUT2D eigenvalue weighted by molar-refractivity contribution is 0.738. The minimum absolute atomic E-state index is 0.132. The van der Waals surface area contributed by atoms with Gasteiger partial charge in [0, 0.05) is 10.5 Å². The maximum Gasteiger partial charge on any atom is 0.100 e. The van der Waals surface area contributed by atoms with Crippen molar-refractivity contribution in [2.75, 3.05) is 0 Å². The summed E-state index contributed by atoms with van der Waals surface area (Å²) in [4.78, 5) is 0. The molecule has 0 aliphatic carbocycles. The largest absolute Gasteiger partial charge is 0.328 e. The fraction of sp³-hybridized carbons (Fsp3) is 0.300. The highest BCUT2D eigenvalue weighted by Crippen LogP contribution is 2.17. The van der Waals surface area contributed by atoms with E-state index in [4.69, 9.17) is 11.0 Å². The Bertz CT molecular complexity index is 339.